The lowest BCUT2D eigenvalue weighted by molar-refractivity contribution is -0.120. The minimum absolute atomic E-state index is 0.0360. The minimum atomic E-state index is 0.0360. The van der Waals surface area contributed by atoms with Crippen molar-refractivity contribution >= 4 is 22.2 Å². The quantitative estimate of drug-likeness (QED) is 0.484. The van der Waals surface area contributed by atoms with E-state index in [1.807, 2.05) is 34.2 Å². The van der Waals surface area contributed by atoms with E-state index in [1.165, 1.54) is 16.7 Å². The second-order valence-electron chi connectivity index (χ2n) is 7.60. The molecule has 0 radical (unpaired) electrons. The lowest BCUT2D eigenvalue weighted by Gasteiger charge is -2.13. The summed E-state index contributed by atoms with van der Waals surface area (Å²) in [5.41, 5.74) is 6.79. The molecule has 2 aromatic heterocycles. The Balaban J connectivity index is 1.45. The maximum atomic E-state index is 12.5. The fraction of sp³-hybridized carbons (Fsp3) is 0.250. The van der Waals surface area contributed by atoms with Gasteiger partial charge in [-0.2, -0.15) is 0 Å². The molecule has 1 amide bonds. The van der Waals surface area contributed by atoms with Gasteiger partial charge in [0, 0.05) is 29.4 Å². The van der Waals surface area contributed by atoms with Crippen molar-refractivity contribution in [3.63, 3.8) is 0 Å². The molecule has 29 heavy (non-hydrogen) atoms. The molecule has 1 N–H and O–H groups in total. The number of aromatic nitrogens is 2. The van der Waals surface area contributed by atoms with Crippen molar-refractivity contribution in [3.8, 4) is 11.3 Å². The normalized spacial score (nSPS) is 12.2. The van der Waals surface area contributed by atoms with Crippen LogP contribution in [-0.4, -0.2) is 21.8 Å². The highest BCUT2D eigenvalue weighted by Crippen LogP contribution is 2.25. The van der Waals surface area contributed by atoms with E-state index in [-0.39, 0.29) is 11.8 Å². The van der Waals surface area contributed by atoms with E-state index in [9.17, 15) is 4.79 Å². The van der Waals surface area contributed by atoms with Crippen molar-refractivity contribution in [1.82, 2.24) is 14.7 Å². The summed E-state index contributed by atoms with van der Waals surface area (Å²) in [5, 5.41) is 5.09. The van der Waals surface area contributed by atoms with Crippen molar-refractivity contribution < 1.29 is 4.79 Å². The highest BCUT2D eigenvalue weighted by atomic mass is 32.1. The number of imidazole rings is 1. The summed E-state index contributed by atoms with van der Waals surface area (Å²) < 4.78 is 2.04. The maximum Gasteiger partial charge on any atom is 0.226 e. The average molecular weight is 404 g/mol. The highest BCUT2D eigenvalue weighted by molar-refractivity contribution is 7.15. The fourth-order valence-corrected chi connectivity index (χ4v) is 4.26. The molecule has 5 heteroatoms. The summed E-state index contributed by atoms with van der Waals surface area (Å²) in [5.74, 6) is 0.321. The summed E-state index contributed by atoms with van der Waals surface area (Å²) in [6, 6.07) is 16.7. The van der Waals surface area contributed by atoms with Crippen LogP contribution in [0.2, 0.25) is 0 Å². The number of amides is 1. The number of aryl methyl sites for hydroxylation is 2. The number of carbonyl (C=O) groups excluding carboxylic acids is 1. The first-order valence-electron chi connectivity index (χ1n) is 9.86. The molecule has 1 unspecified atom stereocenters. The van der Waals surface area contributed by atoms with Gasteiger partial charge >= 0.3 is 0 Å². The number of thiazole rings is 1. The van der Waals surface area contributed by atoms with E-state index >= 15 is 0 Å². The number of rotatable bonds is 6. The van der Waals surface area contributed by atoms with Gasteiger partial charge in [0.2, 0.25) is 5.91 Å². The van der Waals surface area contributed by atoms with Crippen LogP contribution in [0.15, 0.2) is 60.1 Å². The zero-order valence-electron chi connectivity index (χ0n) is 17.0. The third-order valence-corrected chi connectivity index (χ3v) is 6.29. The molecule has 148 valence electrons. The third kappa shape index (κ3) is 4.25. The van der Waals surface area contributed by atoms with Gasteiger partial charge in [0.1, 0.15) is 0 Å². The molecule has 0 aliphatic carbocycles. The molecule has 0 spiro atoms. The van der Waals surface area contributed by atoms with Crippen LogP contribution >= 0.6 is 11.3 Å². The lowest BCUT2D eigenvalue weighted by atomic mass is 10.0. The van der Waals surface area contributed by atoms with Crippen LogP contribution in [0.4, 0.5) is 0 Å². The molecule has 4 aromatic rings. The molecule has 4 rings (SSSR count). The van der Waals surface area contributed by atoms with Crippen molar-refractivity contribution in [2.45, 2.75) is 33.1 Å². The van der Waals surface area contributed by atoms with Crippen molar-refractivity contribution in [3.05, 3.63) is 82.5 Å². The molecule has 0 aliphatic heterocycles. The van der Waals surface area contributed by atoms with E-state index in [0.717, 1.165) is 21.9 Å². The fourth-order valence-electron chi connectivity index (χ4n) is 3.39. The van der Waals surface area contributed by atoms with Crippen LogP contribution in [0.25, 0.3) is 16.2 Å². The van der Waals surface area contributed by atoms with Gasteiger partial charge in [-0.05, 0) is 42.5 Å². The smallest absolute Gasteiger partial charge is 0.226 e. The zero-order valence-corrected chi connectivity index (χ0v) is 17.8. The molecule has 4 nitrogen and oxygen atoms in total. The van der Waals surface area contributed by atoms with E-state index < -0.39 is 0 Å². The number of nitrogens with zero attached hydrogens (tertiary/aromatic N) is 2. The average Bonchev–Trinajstić information content (AvgIpc) is 3.31. The minimum Gasteiger partial charge on any atom is -0.355 e. The number of benzene rings is 2. The number of nitrogens with one attached hydrogen (secondary N) is 1. The van der Waals surface area contributed by atoms with Crippen LogP contribution < -0.4 is 5.32 Å². The molecule has 0 fully saturated rings. The molecule has 0 aliphatic rings. The van der Waals surface area contributed by atoms with Gasteiger partial charge < -0.3 is 5.32 Å². The summed E-state index contributed by atoms with van der Waals surface area (Å²) in [6.07, 6.45) is 2.38. The summed E-state index contributed by atoms with van der Waals surface area (Å²) >= 11 is 1.57. The second-order valence-corrected chi connectivity index (χ2v) is 8.43. The molecular formula is C24H25N3OS. The number of hydrogen-bond donors (Lipinski definition) is 1. The van der Waals surface area contributed by atoms with E-state index in [4.69, 9.17) is 4.98 Å². The largest absolute Gasteiger partial charge is 0.355 e. The van der Waals surface area contributed by atoms with E-state index in [0.29, 0.717) is 13.0 Å². The van der Waals surface area contributed by atoms with Crippen LogP contribution in [0.3, 0.4) is 0 Å². The predicted molar refractivity (Wildman–Crippen MR) is 120 cm³/mol. The topological polar surface area (TPSA) is 46.4 Å². The van der Waals surface area contributed by atoms with Gasteiger partial charge in [0.15, 0.2) is 4.96 Å². The van der Waals surface area contributed by atoms with E-state index in [1.54, 1.807) is 11.3 Å². The third-order valence-electron chi connectivity index (χ3n) is 5.40. The summed E-state index contributed by atoms with van der Waals surface area (Å²) in [4.78, 5) is 18.2. The van der Waals surface area contributed by atoms with Gasteiger partial charge in [-0.15, -0.1) is 11.3 Å². The van der Waals surface area contributed by atoms with Gasteiger partial charge in [-0.25, -0.2) is 4.98 Å². The molecule has 0 bridgehead atoms. The number of fused-ring (bicyclic) bond motifs is 1. The lowest BCUT2D eigenvalue weighted by Crippen LogP contribution is -2.29. The maximum absolute atomic E-state index is 12.5. The van der Waals surface area contributed by atoms with Crippen LogP contribution in [0, 0.1) is 13.8 Å². The predicted octanol–water partition coefficient (Wildman–Crippen LogP) is 5.14. The first kappa shape index (κ1) is 19.4. The Kier molecular flexibility index (Phi) is 5.49. The molecule has 2 heterocycles. The molecule has 1 atom stereocenters. The first-order valence-corrected chi connectivity index (χ1v) is 10.7. The SMILES string of the molecule is Cc1ccc(-c2cn3c(CC(=O)NCC(C)c4ccccc4)csc3n2)cc1C. The Morgan fingerprint density at radius 3 is 2.69 bits per heavy atom. The Bertz CT molecular complexity index is 1140. The molecule has 0 saturated carbocycles. The molecular weight excluding hydrogens is 378 g/mol. The van der Waals surface area contributed by atoms with Gasteiger partial charge in [0.05, 0.1) is 12.1 Å². The summed E-state index contributed by atoms with van der Waals surface area (Å²) in [6.45, 7) is 6.99. The summed E-state index contributed by atoms with van der Waals surface area (Å²) in [7, 11) is 0. The Hall–Kier alpha value is -2.92. The Morgan fingerprint density at radius 2 is 1.93 bits per heavy atom. The van der Waals surface area contributed by atoms with Crippen molar-refractivity contribution in [1.29, 1.82) is 0 Å². The van der Waals surface area contributed by atoms with Gasteiger partial charge in [-0.1, -0.05) is 49.4 Å². The van der Waals surface area contributed by atoms with Crippen LogP contribution in [0.5, 0.6) is 0 Å². The van der Waals surface area contributed by atoms with Crippen LogP contribution in [-0.2, 0) is 11.2 Å². The van der Waals surface area contributed by atoms with Crippen LogP contribution in [0.1, 0.15) is 35.2 Å². The number of hydrogen-bond acceptors (Lipinski definition) is 3. The monoisotopic (exact) mass is 403 g/mol. The Labute approximate surface area is 175 Å². The van der Waals surface area contributed by atoms with E-state index in [2.05, 4.69) is 56.4 Å². The first-order chi connectivity index (χ1) is 14.0. The van der Waals surface area contributed by atoms with Gasteiger partial charge in [-0.3, -0.25) is 9.20 Å². The second kappa shape index (κ2) is 8.21. The van der Waals surface area contributed by atoms with Crippen molar-refractivity contribution in [2.24, 2.45) is 0 Å². The zero-order chi connectivity index (χ0) is 20.4. The molecule has 0 saturated heterocycles. The van der Waals surface area contributed by atoms with Crippen molar-refractivity contribution in [2.75, 3.05) is 6.54 Å². The van der Waals surface area contributed by atoms with Gasteiger partial charge in [0.25, 0.3) is 0 Å². The number of carbonyl (C=O) groups is 1. The highest BCUT2D eigenvalue weighted by Gasteiger charge is 2.14. The molecule has 2 aromatic carbocycles. The Morgan fingerprint density at radius 1 is 1.14 bits per heavy atom. The standard InChI is InChI=1S/C24H25N3OS/c1-16-9-10-20(11-17(16)2)22-14-27-21(15-29-24(27)26-22)12-23(28)25-13-18(3)19-7-5-4-6-8-19/h4-11,14-15,18H,12-13H2,1-3H3,(H,25,28).